The Bertz CT molecular complexity index is 924. The van der Waals surface area contributed by atoms with Crippen molar-refractivity contribution in [1.82, 2.24) is 15.0 Å². The molecule has 1 atom stereocenters. The van der Waals surface area contributed by atoms with Gasteiger partial charge in [0.2, 0.25) is 0 Å². The van der Waals surface area contributed by atoms with Gasteiger partial charge in [-0.25, -0.2) is 9.97 Å². The zero-order valence-electron chi connectivity index (χ0n) is 15.3. The van der Waals surface area contributed by atoms with Crippen molar-refractivity contribution in [3.63, 3.8) is 0 Å². The van der Waals surface area contributed by atoms with E-state index in [9.17, 15) is 9.90 Å². The molecule has 1 saturated heterocycles. The summed E-state index contributed by atoms with van der Waals surface area (Å²) in [5.74, 6) is 0.134. The van der Waals surface area contributed by atoms with Crippen molar-refractivity contribution in [2.45, 2.75) is 32.1 Å². The van der Waals surface area contributed by atoms with Gasteiger partial charge in [-0.1, -0.05) is 30.3 Å². The van der Waals surface area contributed by atoms with Crippen LogP contribution in [0, 0.1) is 5.41 Å². The first-order valence-corrected chi connectivity index (χ1v) is 9.48. The van der Waals surface area contributed by atoms with Crippen LogP contribution < -0.4 is 4.90 Å². The van der Waals surface area contributed by atoms with E-state index in [-0.39, 0.29) is 0 Å². The molecule has 0 saturated carbocycles. The lowest BCUT2D eigenvalue weighted by molar-refractivity contribution is -0.150. The molecule has 6 heteroatoms. The second-order valence-corrected chi connectivity index (χ2v) is 7.39. The van der Waals surface area contributed by atoms with E-state index in [4.69, 9.17) is 0 Å². The Morgan fingerprint density at radius 1 is 1.22 bits per heavy atom. The third kappa shape index (κ3) is 3.52. The summed E-state index contributed by atoms with van der Waals surface area (Å²) < 4.78 is 0. The number of aliphatic carboxylic acids is 1. The molecule has 6 nitrogen and oxygen atoms in total. The Hall–Kier alpha value is -2.89. The summed E-state index contributed by atoms with van der Waals surface area (Å²) in [6.07, 6.45) is 7.41. The fourth-order valence-corrected chi connectivity index (χ4v) is 4.18. The van der Waals surface area contributed by atoms with Gasteiger partial charge in [-0.3, -0.25) is 4.79 Å². The molecule has 140 valence electrons. The van der Waals surface area contributed by atoms with Crippen LogP contribution in [0.3, 0.4) is 0 Å². The Morgan fingerprint density at radius 3 is 2.89 bits per heavy atom. The smallest absolute Gasteiger partial charge is 0.311 e. The molecule has 0 amide bonds. The van der Waals surface area contributed by atoms with Crippen LogP contribution >= 0.6 is 0 Å². The molecule has 0 bridgehead atoms. The highest BCUT2D eigenvalue weighted by Gasteiger charge is 2.42. The number of aromatic nitrogens is 3. The van der Waals surface area contributed by atoms with Crippen molar-refractivity contribution in [1.29, 1.82) is 0 Å². The standard InChI is InChI=1S/C21H24N4O2/c26-20(27)21(10-4-8-16-6-2-1-3-7-16)11-5-13-25(14-21)19-17-9-12-22-18(17)23-15-24-19/h1-3,6-7,9,12,15H,4-5,8,10-11,13-14H2,(H,26,27)(H,22,23,24)/t21-/m0/s1. The number of nitrogens with zero attached hydrogens (tertiary/aromatic N) is 3. The summed E-state index contributed by atoms with van der Waals surface area (Å²) in [5.41, 5.74) is 1.33. The van der Waals surface area contributed by atoms with Crippen molar-refractivity contribution in [2.24, 2.45) is 5.41 Å². The first-order chi connectivity index (χ1) is 13.2. The van der Waals surface area contributed by atoms with E-state index in [1.807, 2.05) is 30.5 Å². The Labute approximate surface area is 158 Å². The van der Waals surface area contributed by atoms with Crippen molar-refractivity contribution in [2.75, 3.05) is 18.0 Å². The minimum atomic E-state index is -0.722. The highest BCUT2D eigenvalue weighted by molar-refractivity contribution is 5.87. The molecule has 0 aliphatic carbocycles. The Balaban J connectivity index is 1.52. The molecule has 0 radical (unpaired) electrons. The summed E-state index contributed by atoms with van der Waals surface area (Å²) in [6.45, 7) is 1.32. The summed E-state index contributed by atoms with van der Waals surface area (Å²) in [7, 11) is 0. The first kappa shape index (κ1) is 17.5. The third-order valence-corrected chi connectivity index (χ3v) is 5.63. The van der Waals surface area contributed by atoms with Gasteiger partial charge < -0.3 is 15.0 Å². The number of aryl methyl sites for hydroxylation is 1. The number of carboxylic acids is 1. The number of piperidine rings is 1. The molecule has 2 N–H and O–H groups in total. The molecule has 0 unspecified atom stereocenters. The number of aromatic amines is 1. The maximum Gasteiger partial charge on any atom is 0.311 e. The van der Waals surface area contributed by atoms with E-state index in [0.29, 0.717) is 13.0 Å². The van der Waals surface area contributed by atoms with Crippen LogP contribution in [-0.4, -0.2) is 39.1 Å². The van der Waals surface area contributed by atoms with Gasteiger partial charge in [-0.15, -0.1) is 0 Å². The Kier molecular flexibility index (Phi) is 4.79. The fraction of sp³-hybridized carbons (Fsp3) is 0.381. The largest absolute Gasteiger partial charge is 0.481 e. The molecule has 1 aliphatic rings. The number of nitrogens with one attached hydrogen (secondary N) is 1. The van der Waals surface area contributed by atoms with Crippen LogP contribution in [0.5, 0.6) is 0 Å². The third-order valence-electron chi connectivity index (χ3n) is 5.63. The van der Waals surface area contributed by atoms with Crippen LogP contribution in [0.25, 0.3) is 11.0 Å². The highest BCUT2D eigenvalue weighted by atomic mass is 16.4. The fourth-order valence-electron chi connectivity index (χ4n) is 4.18. The van der Waals surface area contributed by atoms with E-state index in [0.717, 1.165) is 49.1 Å². The van der Waals surface area contributed by atoms with Gasteiger partial charge in [-0.05, 0) is 43.7 Å². The normalized spacial score (nSPS) is 20.1. The Morgan fingerprint density at radius 2 is 2.07 bits per heavy atom. The van der Waals surface area contributed by atoms with Crippen LogP contribution in [-0.2, 0) is 11.2 Å². The van der Waals surface area contributed by atoms with E-state index in [2.05, 4.69) is 32.0 Å². The molecule has 2 aromatic heterocycles. The van der Waals surface area contributed by atoms with Gasteiger partial charge in [0, 0.05) is 19.3 Å². The van der Waals surface area contributed by atoms with Gasteiger partial charge in [0.15, 0.2) is 0 Å². The number of rotatable bonds is 6. The van der Waals surface area contributed by atoms with Gasteiger partial charge in [-0.2, -0.15) is 0 Å². The molecule has 3 aromatic rings. The van der Waals surface area contributed by atoms with Crippen LogP contribution in [0.2, 0.25) is 0 Å². The molecule has 1 fully saturated rings. The maximum absolute atomic E-state index is 12.2. The lowest BCUT2D eigenvalue weighted by Gasteiger charge is -2.40. The zero-order chi connectivity index (χ0) is 18.7. The summed E-state index contributed by atoms with van der Waals surface area (Å²) in [4.78, 5) is 26.2. The van der Waals surface area contributed by atoms with Crippen molar-refractivity contribution >= 4 is 22.8 Å². The lowest BCUT2D eigenvalue weighted by Crippen LogP contribution is -2.48. The number of carboxylic acid groups (broad SMARTS) is 1. The zero-order valence-corrected chi connectivity index (χ0v) is 15.3. The van der Waals surface area contributed by atoms with E-state index in [1.54, 1.807) is 6.33 Å². The second-order valence-electron chi connectivity index (χ2n) is 7.39. The second kappa shape index (κ2) is 7.39. The first-order valence-electron chi connectivity index (χ1n) is 9.48. The quantitative estimate of drug-likeness (QED) is 0.698. The lowest BCUT2D eigenvalue weighted by atomic mass is 9.75. The van der Waals surface area contributed by atoms with Gasteiger partial charge in [0.25, 0.3) is 0 Å². The predicted molar refractivity (Wildman–Crippen MR) is 105 cm³/mol. The van der Waals surface area contributed by atoms with Crippen molar-refractivity contribution in [3.05, 3.63) is 54.5 Å². The monoisotopic (exact) mass is 364 g/mol. The SMILES string of the molecule is O=C(O)[C@@]1(CCCc2ccccc2)CCCN(c2ncnc3[nH]ccc23)C1. The van der Waals surface area contributed by atoms with E-state index < -0.39 is 11.4 Å². The summed E-state index contributed by atoms with van der Waals surface area (Å²) >= 11 is 0. The molecule has 1 aliphatic heterocycles. The molecule has 4 rings (SSSR count). The van der Waals surface area contributed by atoms with Gasteiger partial charge >= 0.3 is 5.97 Å². The summed E-state index contributed by atoms with van der Waals surface area (Å²) in [5, 5.41) is 11.0. The average Bonchev–Trinajstić information content (AvgIpc) is 3.18. The molecular formula is C21H24N4O2. The van der Waals surface area contributed by atoms with E-state index >= 15 is 0 Å². The molecular weight excluding hydrogens is 340 g/mol. The van der Waals surface area contributed by atoms with Crippen LogP contribution in [0.15, 0.2) is 48.9 Å². The molecule has 3 heterocycles. The van der Waals surface area contributed by atoms with Crippen molar-refractivity contribution in [3.8, 4) is 0 Å². The minimum Gasteiger partial charge on any atom is -0.481 e. The van der Waals surface area contributed by atoms with Gasteiger partial charge in [0.1, 0.15) is 17.8 Å². The van der Waals surface area contributed by atoms with E-state index in [1.165, 1.54) is 5.56 Å². The number of hydrogen-bond acceptors (Lipinski definition) is 4. The number of H-pyrrole nitrogens is 1. The van der Waals surface area contributed by atoms with Gasteiger partial charge in [0.05, 0.1) is 10.8 Å². The van der Waals surface area contributed by atoms with Crippen LogP contribution in [0.1, 0.15) is 31.2 Å². The maximum atomic E-state index is 12.2. The molecule has 0 spiro atoms. The van der Waals surface area contributed by atoms with Crippen LogP contribution in [0.4, 0.5) is 5.82 Å². The van der Waals surface area contributed by atoms with Crippen molar-refractivity contribution < 1.29 is 9.90 Å². The highest BCUT2D eigenvalue weighted by Crippen LogP contribution is 2.38. The summed E-state index contributed by atoms with van der Waals surface area (Å²) in [6, 6.07) is 12.2. The topological polar surface area (TPSA) is 82.1 Å². The predicted octanol–water partition coefficient (Wildman–Crippen LogP) is 3.65. The minimum absolute atomic E-state index is 0.494. The number of carbonyl (C=O) groups is 1. The number of fused-ring (bicyclic) bond motifs is 1. The number of hydrogen-bond donors (Lipinski definition) is 2. The number of anilines is 1. The molecule has 27 heavy (non-hydrogen) atoms. The number of benzene rings is 1. The molecule has 1 aromatic carbocycles. The average molecular weight is 364 g/mol.